The molecule has 0 saturated carbocycles. The van der Waals surface area contributed by atoms with Gasteiger partial charge in [-0.1, -0.05) is 35.3 Å². The van der Waals surface area contributed by atoms with Crippen molar-refractivity contribution in [2.75, 3.05) is 6.54 Å². The van der Waals surface area contributed by atoms with E-state index in [1.54, 1.807) is 30.3 Å². The molecule has 0 bridgehead atoms. The van der Waals surface area contributed by atoms with Gasteiger partial charge in [-0.3, -0.25) is 0 Å². The van der Waals surface area contributed by atoms with Crippen LogP contribution in [-0.4, -0.2) is 6.54 Å². The Morgan fingerprint density at radius 1 is 1.11 bits per heavy atom. The average Bonchev–Trinajstić information content (AvgIpc) is 2.41. The highest BCUT2D eigenvalue weighted by atomic mass is 35.5. The van der Waals surface area contributed by atoms with Crippen molar-refractivity contribution in [2.45, 2.75) is 6.10 Å². The molecule has 0 aliphatic carbocycles. The number of hydrogen-bond acceptors (Lipinski definition) is 2. The van der Waals surface area contributed by atoms with Gasteiger partial charge in [0, 0.05) is 17.6 Å². The van der Waals surface area contributed by atoms with Gasteiger partial charge in [-0.15, -0.1) is 0 Å². The summed E-state index contributed by atoms with van der Waals surface area (Å²) in [5.41, 5.74) is 6.46. The Labute approximate surface area is 120 Å². The molecule has 0 amide bonds. The third-order valence-electron chi connectivity index (χ3n) is 2.62. The van der Waals surface area contributed by atoms with Crippen LogP contribution in [0.15, 0.2) is 42.5 Å². The quantitative estimate of drug-likeness (QED) is 0.918. The van der Waals surface area contributed by atoms with E-state index in [9.17, 15) is 4.39 Å². The number of rotatable bonds is 4. The van der Waals surface area contributed by atoms with Gasteiger partial charge in [-0.25, -0.2) is 4.39 Å². The highest BCUT2D eigenvalue weighted by Gasteiger charge is 2.14. The van der Waals surface area contributed by atoms with E-state index in [0.717, 1.165) is 5.56 Å². The first kappa shape index (κ1) is 14.1. The topological polar surface area (TPSA) is 35.2 Å². The zero-order chi connectivity index (χ0) is 13.8. The monoisotopic (exact) mass is 299 g/mol. The number of benzene rings is 2. The first-order valence-corrected chi connectivity index (χ1v) is 6.43. The van der Waals surface area contributed by atoms with Gasteiger partial charge < -0.3 is 10.5 Å². The fraction of sp³-hybridized carbons (Fsp3) is 0.143. The molecule has 0 spiro atoms. The fourth-order valence-corrected chi connectivity index (χ4v) is 1.97. The summed E-state index contributed by atoms with van der Waals surface area (Å²) in [6.07, 6.45) is -0.406. The second-order valence-corrected chi connectivity index (χ2v) is 4.81. The molecule has 0 aromatic heterocycles. The largest absolute Gasteiger partial charge is 0.483 e. The number of nitrogens with two attached hydrogens (primary N) is 1. The molecule has 1 unspecified atom stereocenters. The van der Waals surface area contributed by atoms with E-state index in [-0.39, 0.29) is 12.4 Å². The maximum Gasteiger partial charge on any atom is 0.140 e. The average molecular weight is 300 g/mol. The third-order valence-corrected chi connectivity index (χ3v) is 3.17. The molecule has 2 rings (SSSR count). The molecule has 0 aliphatic rings. The molecule has 0 radical (unpaired) electrons. The van der Waals surface area contributed by atoms with Crippen LogP contribution in [0.5, 0.6) is 5.75 Å². The van der Waals surface area contributed by atoms with Crippen LogP contribution in [0.4, 0.5) is 4.39 Å². The molecule has 0 heterocycles. The van der Waals surface area contributed by atoms with Crippen LogP contribution in [0.3, 0.4) is 0 Å². The second kappa shape index (κ2) is 6.24. The fourth-order valence-electron chi connectivity index (χ4n) is 1.65. The van der Waals surface area contributed by atoms with Crippen molar-refractivity contribution in [3.63, 3.8) is 0 Å². The SMILES string of the molecule is NCC(Oc1cc(Cl)ccc1Cl)c1ccc(F)cc1. The maximum absolute atomic E-state index is 12.9. The van der Waals surface area contributed by atoms with Crippen LogP contribution in [0.2, 0.25) is 10.0 Å². The molecule has 19 heavy (non-hydrogen) atoms. The van der Waals surface area contributed by atoms with Gasteiger partial charge >= 0.3 is 0 Å². The van der Waals surface area contributed by atoms with E-state index < -0.39 is 6.10 Å². The Bertz CT molecular complexity index is 560. The molecule has 0 fully saturated rings. The zero-order valence-electron chi connectivity index (χ0n) is 9.95. The molecule has 100 valence electrons. The summed E-state index contributed by atoms with van der Waals surface area (Å²) >= 11 is 11.9. The summed E-state index contributed by atoms with van der Waals surface area (Å²) < 4.78 is 18.6. The summed E-state index contributed by atoms with van der Waals surface area (Å²) in [6.45, 7) is 0.245. The van der Waals surface area contributed by atoms with E-state index in [0.29, 0.717) is 15.8 Å². The zero-order valence-corrected chi connectivity index (χ0v) is 11.5. The Balaban J connectivity index is 2.23. The van der Waals surface area contributed by atoms with Gasteiger partial charge in [0.15, 0.2) is 0 Å². The Morgan fingerprint density at radius 3 is 2.42 bits per heavy atom. The van der Waals surface area contributed by atoms with Crippen molar-refractivity contribution in [1.82, 2.24) is 0 Å². The second-order valence-electron chi connectivity index (χ2n) is 3.97. The predicted octanol–water partition coefficient (Wildman–Crippen LogP) is 4.21. The van der Waals surface area contributed by atoms with Gasteiger partial charge in [0.05, 0.1) is 5.02 Å². The first-order valence-electron chi connectivity index (χ1n) is 5.67. The maximum atomic E-state index is 12.9. The first-order chi connectivity index (χ1) is 9.10. The number of ether oxygens (including phenoxy) is 1. The van der Waals surface area contributed by atoms with Gasteiger partial charge in [-0.05, 0) is 29.8 Å². The van der Waals surface area contributed by atoms with Crippen molar-refractivity contribution >= 4 is 23.2 Å². The molecular formula is C14H12Cl2FNO. The molecule has 2 N–H and O–H groups in total. The van der Waals surface area contributed by atoms with Crippen molar-refractivity contribution in [3.05, 3.63) is 63.9 Å². The number of hydrogen-bond donors (Lipinski definition) is 1. The summed E-state index contributed by atoms with van der Waals surface area (Å²) in [4.78, 5) is 0. The smallest absolute Gasteiger partial charge is 0.140 e. The Morgan fingerprint density at radius 2 is 1.79 bits per heavy atom. The highest BCUT2D eigenvalue weighted by Crippen LogP contribution is 2.31. The minimum Gasteiger partial charge on any atom is -0.483 e. The van der Waals surface area contributed by atoms with Crippen molar-refractivity contribution < 1.29 is 9.13 Å². The van der Waals surface area contributed by atoms with Crippen LogP contribution < -0.4 is 10.5 Å². The standard InChI is InChI=1S/C14H12Cl2FNO/c15-10-3-6-12(16)13(7-10)19-14(8-18)9-1-4-11(17)5-2-9/h1-7,14H,8,18H2. The molecule has 2 aromatic rings. The molecular weight excluding hydrogens is 288 g/mol. The Kier molecular flexibility index (Phi) is 4.64. The Hall–Kier alpha value is -1.29. The van der Waals surface area contributed by atoms with Gasteiger partial charge in [-0.2, -0.15) is 0 Å². The lowest BCUT2D eigenvalue weighted by atomic mass is 10.1. The lowest BCUT2D eigenvalue weighted by Gasteiger charge is -2.18. The number of halogens is 3. The summed E-state index contributed by atoms with van der Waals surface area (Å²) in [6, 6.07) is 10.9. The molecule has 2 nitrogen and oxygen atoms in total. The highest BCUT2D eigenvalue weighted by molar-refractivity contribution is 6.34. The predicted molar refractivity (Wildman–Crippen MR) is 75.3 cm³/mol. The minimum absolute atomic E-state index is 0.245. The van der Waals surface area contributed by atoms with Crippen LogP contribution in [0.25, 0.3) is 0 Å². The van der Waals surface area contributed by atoms with E-state index in [4.69, 9.17) is 33.7 Å². The van der Waals surface area contributed by atoms with Gasteiger partial charge in [0.1, 0.15) is 17.7 Å². The van der Waals surface area contributed by atoms with Crippen molar-refractivity contribution in [2.24, 2.45) is 5.73 Å². The molecule has 0 aliphatic heterocycles. The van der Waals surface area contributed by atoms with Gasteiger partial charge in [0.25, 0.3) is 0 Å². The lowest BCUT2D eigenvalue weighted by Crippen LogP contribution is -2.18. The van der Waals surface area contributed by atoms with E-state index in [1.807, 2.05) is 0 Å². The van der Waals surface area contributed by atoms with E-state index in [2.05, 4.69) is 0 Å². The lowest BCUT2D eigenvalue weighted by molar-refractivity contribution is 0.214. The molecule has 0 saturated heterocycles. The molecule has 2 aromatic carbocycles. The summed E-state index contributed by atoms with van der Waals surface area (Å²) in [5.74, 6) is 0.147. The normalized spacial score (nSPS) is 12.2. The summed E-state index contributed by atoms with van der Waals surface area (Å²) in [5, 5.41) is 0.972. The summed E-state index contributed by atoms with van der Waals surface area (Å²) in [7, 11) is 0. The van der Waals surface area contributed by atoms with Crippen LogP contribution in [0, 0.1) is 5.82 Å². The van der Waals surface area contributed by atoms with Crippen molar-refractivity contribution in [1.29, 1.82) is 0 Å². The van der Waals surface area contributed by atoms with Crippen LogP contribution in [0.1, 0.15) is 11.7 Å². The third kappa shape index (κ3) is 3.60. The molecule has 5 heteroatoms. The van der Waals surface area contributed by atoms with Crippen molar-refractivity contribution in [3.8, 4) is 5.75 Å². The van der Waals surface area contributed by atoms with E-state index >= 15 is 0 Å². The van der Waals surface area contributed by atoms with Crippen LogP contribution in [-0.2, 0) is 0 Å². The van der Waals surface area contributed by atoms with Gasteiger partial charge in [0.2, 0.25) is 0 Å². The van der Waals surface area contributed by atoms with E-state index in [1.165, 1.54) is 12.1 Å². The minimum atomic E-state index is -0.406. The van der Waals surface area contributed by atoms with Crippen LogP contribution >= 0.6 is 23.2 Å². The molecule has 1 atom stereocenters.